The molecule has 0 aromatic heterocycles. The van der Waals surface area contributed by atoms with Crippen molar-refractivity contribution in [2.75, 3.05) is 14.2 Å². The van der Waals surface area contributed by atoms with Crippen molar-refractivity contribution in [2.24, 2.45) is 0 Å². The molecule has 1 saturated heterocycles. The van der Waals surface area contributed by atoms with Gasteiger partial charge in [-0.25, -0.2) is 0 Å². The minimum atomic E-state index is -0.870. The van der Waals surface area contributed by atoms with Crippen LogP contribution >= 0.6 is 23.2 Å². The Hall–Kier alpha value is -3.55. The molecular formula is C25H22Cl2N3O4+. The van der Waals surface area contributed by atoms with Crippen LogP contribution in [0.4, 0.5) is 0 Å². The first kappa shape index (κ1) is 23.6. The maximum Gasteiger partial charge on any atom is 0.304 e. The molecule has 0 radical (unpaired) electrons. The maximum atomic E-state index is 13.0. The molecule has 2 atom stereocenters. The summed E-state index contributed by atoms with van der Waals surface area (Å²) in [5, 5.41) is 3.80. The van der Waals surface area contributed by atoms with E-state index in [2.05, 4.69) is 10.7 Å². The summed E-state index contributed by atoms with van der Waals surface area (Å²) in [5.41, 5.74) is 4.69. The van der Waals surface area contributed by atoms with Gasteiger partial charge in [-0.1, -0.05) is 23.2 Å². The van der Waals surface area contributed by atoms with Gasteiger partial charge >= 0.3 is 5.91 Å². The van der Waals surface area contributed by atoms with Crippen molar-refractivity contribution in [1.82, 2.24) is 10.7 Å². The number of nitrogens with one attached hydrogen (secondary N) is 2. The second kappa shape index (κ2) is 10.2. The SMILES string of the molecule is COc1ccc(C(=O)N[C@H]2C(=O)N/[N+](=C\c3ccc(Cl)cc3Cl)[C@@H]2c2ccc(OC)cc2)cc1. The van der Waals surface area contributed by atoms with Crippen LogP contribution in [0.25, 0.3) is 0 Å². The van der Waals surface area contributed by atoms with E-state index in [-0.39, 0.29) is 11.8 Å². The Morgan fingerprint density at radius 3 is 2.18 bits per heavy atom. The zero-order valence-corrected chi connectivity index (χ0v) is 19.9. The predicted octanol–water partition coefficient (Wildman–Crippen LogP) is 4.03. The third kappa shape index (κ3) is 5.00. The lowest BCUT2D eigenvalue weighted by molar-refractivity contribution is -0.596. The van der Waals surface area contributed by atoms with Crippen molar-refractivity contribution in [2.45, 2.75) is 12.1 Å². The fourth-order valence-electron chi connectivity index (χ4n) is 3.70. The van der Waals surface area contributed by atoms with Crippen LogP contribution in [-0.2, 0) is 4.79 Å². The molecule has 1 fully saturated rings. The molecule has 1 heterocycles. The Labute approximate surface area is 206 Å². The Morgan fingerprint density at radius 1 is 0.971 bits per heavy atom. The molecule has 0 aliphatic carbocycles. The summed E-state index contributed by atoms with van der Waals surface area (Å²) in [7, 11) is 3.13. The summed E-state index contributed by atoms with van der Waals surface area (Å²) in [6.45, 7) is 0. The van der Waals surface area contributed by atoms with E-state index in [1.165, 1.54) is 0 Å². The van der Waals surface area contributed by atoms with Crippen LogP contribution in [0.2, 0.25) is 10.0 Å². The van der Waals surface area contributed by atoms with Crippen LogP contribution in [0.1, 0.15) is 27.5 Å². The molecular weight excluding hydrogens is 477 g/mol. The summed E-state index contributed by atoms with van der Waals surface area (Å²) in [5.74, 6) is 0.569. The average Bonchev–Trinajstić information content (AvgIpc) is 3.15. The summed E-state index contributed by atoms with van der Waals surface area (Å²) >= 11 is 12.4. The molecule has 0 spiro atoms. The number of ether oxygens (including phenoxy) is 2. The van der Waals surface area contributed by atoms with Gasteiger partial charge in [-0.2, -0.15) is 0 Å². The number of carbonyl (C=O) groups is 2. The lowest BCUT2D eigenvalue weighted by atomic mass is 9.99. The fourth-order valence-corrected chi connectivity index (χ4v) is 4.16. The smallest absolute Gasteiger partial charge is 0.304 e. The zero-order chi connectivity index (χ0) is 24.2. The first-order valence-corrected chi connectivity index (χ1v) is 11.1. The van der Waals surface area contributed by atoms with Crippen molar-refractivity contribution in [3.05, 3.63) is 93.5 Å². The highest BCUT2D eigenvalue weighted by atomic mass is 35.5. The molecule has 34 heavy (non-hydrogen) atoms. The first-order chi connectivity index (χ1) is 16.4. The topological polar surface area (TPSA) is 79.7 Å². The summed E-state index contributed by atoms with van der Waals surface area (Å²) in [6, 6.07) is 17.6. The normalized spacial score (nSPS) is 18.5. The van der Waals surface area contributed by atoms with E-state index in [4.69, 9.17) is 32.7 Å². The Bertz CT molecular complexity index is 1240. The number of nitrogens with zero attached hydrogens (tertiary/aromatic N) is 1. The standard InChI is InChI=1S/C25H21Cl2N3O4/c1-33-19-9-4-15(5-10-19)23-22(28-24(31)16-6-11-20(34-2)12-7-16)25(32)29-30(23)14-17-3-8-18(26)13-21(17)27/h3-14,22-23H,1-2H3,(H-,28,29,31,32)/p+1/b30-14-/t22-,23-/m1/s1. The second-order valence-corrected chi connectivity index (χ2v) is 8.42. The second-order valence-electron chi connectivity index (χ2n) is 7.58. The van der Waals surface area contributed by atoms with E-state index in [9.17, 15) is 9.59 Å². The number of methoxy groups -OCH3 is 2. The molecule has 3 aromatic rings. The number of hydrogen-bond donors (Lipinski definition) is 2. The highest BCUT2D eigenvalue weighted by Gasteiger charge is 2.48. The number of hydrazone groups is 1. The Morgan fingerprint density at radius 2 is 1.59 bits per heavy atom. The van der Waals surface area contributed by atoms with Crippen LogP contribution < -0.4 is 20.2 Å². The monoisotopic (exact) mass is 498 g/mol. The van der Waals surface area contributed by atoms with Gasteiger partial charge in [0.05, 0.1) is 24.8 Å². The van der Waals surface area contributed by atoms with Gasteiger partial charge in [0.2, 0.25) is 12.3 Å². The third-order valence-corrected chi connectivity index (χ3v) is 6.04. The average molecular weight is 499 g/mol. The van der Waals surface area contributed by atoms with Crippen molar-refractivity contribution in [1.29, 1.82) is 0 Å². The first-order valence-electron chi connectivity index (χ1n) is 10.4. The summed E-state index contributed by atoms with van der Waals surface area (Å²) in [4.78, 5) is 26.0. The van der Waals surface area contributed by atoms with Gasteiger partial charge in [0.25, 0.3) is 5.91 Å². The number of amides is 2. The van der Waals surface area contributed by atoms with Gasteiger partial charge < -0.3 is 14.8 Å². The highest BCUT2D eigenvalue weighted by Crippen LogP contribution is 2.28. The Kier molecular flexibility index (Phi) is 7.05. The van der Waals surface area contributed by atoms with Crippen molar-refractivity contribution in [3.8, 4) is 11.5 Å². The predicted molar refractivity (Wildman–Crippen MR) is 130 cm³/mol. The molecule has 174 valence electrons. The number of hydrogen-bond acceptors (Lipinski definition) is 4. The molecule has 7 nitrogen and oxygen atoms in total. The van der Waals surface area contributed by atoms with Gasteiger partial charge in [0.1, 0.15) is 11.5 Å². The van der Waals surface area contributed by atoms with Crippen LogP contribution in [0.3, 0.4) is 0 Å². The molecule has 9 heteroatoms. The van der Waals surface area contributed by atoms with E-state index in [0.717, 1.165) is 5.56 Å². The lowest BCUT2D eigenvalue weighted by Gasteiger charge is -2.15. The minimum absolute atomic E-state index is 0.357. The van der Waals surface area contributed by atoms with Crippen LogP contribution in [0.15, 0.2) is 66.7 Å². The number of halogens is 2. The summed E-state index contributed by atoms with van der Waals surface area (Å²) in [6.07, 6.45) is 1.71. The molecule has 0 saturated carbocycles. The summed E-state index contributed by atoms with van der Waals surface area (Å²) < 4.78 is 12.0. The molecule has 1 aliphatic heterocycles. The largest absolute Gasteiger partial charge is 0.497 e. The molecule has 3 aromatic carbocycles. The van der Waals surface area contributed by atoms with E-state index < -0.39 is 12.1 Å². The lowest BCUT2D eigenvalue weighted by Crippen LogP contribution is -2.42. The van der Waals surface area contributed by atoms with Gasteiger partial charge in [-0.05, 0) is 66.7 Å². The molecule has 2 amide bonds. The molecule has 0 bridgehead atoms. The van der Waals surface area contributed by atoms with Crippen molar-refractivity contribution < 1.29 is 23.7 Å². The van der Waals surface area contributed by atoms with Gasteiger partial charge in [-0.15, -0.1) is 10.1 Å². The fraction of sp³-hybridized carbons (Fsp3) is 0.160. The van der Waals surface area contributed by atoms with Crippen LogP contribution in [-0.4, -0.2) is 43.0 Å². The van der Waals surface area contributed by atoms with Gasteiger partial charge in [0, 0.05) is 16.1 Å². The number of benzene rings is 3. The quantitative estimate of drug-likeness (QED) is 0.503. The van der Waals surface area contributed by atoms with E-state index in [1.807, 2.05) is 12.1 Å². The van der Waals surface area contributed by atoms with Gasteiger partial charge in [0.15, 0.2) is 6.04 Å². The highest BCUT2D eigenvalue weighted by molar-refractivity contribution is 6.36. The molecule has 2 N–H and O–H groups in total. The number of carbonyl (C=O) groups excluding carboxylic acids is 2. The third-order valence-electron chi connectivity index (χ3n) is 5.47. The van der Waals surface area contributed by atoms with Crippen molar-refractivity contribution in [3.63, 3.8) is 0 Å². The van der Waals surface area contributed by atoms with E-state index in [1.54, 1.807) is 79.7 Å². The number of hydrazine groups is 1. The maximum absolute atomic E-state index is 13.0. The molecule has 1 aliphatic rings. The zero-order valence-electron chi connectivity index (χ0n) is 18.4. The van der Waals surface area contributed by atoms with Crippen LogP contribution in [0.5, 0.6) is 11.5 Å². The van der Waals surface area contributed by atoms with E-state index >= 15 is 0 Å². The molecule has 0 unspecified atom stereocenters. The van der Waals surface area contributed by atoms with E-state index in [0.29, 0.717) is 32.7 Å². The van der Waals surface area contributed by atoms with Crippen molar-refractivity contribution >= 4 is 41.2 Å². The van der Waals surface area contributed by atoms with Gasteiger partial charge in [-0.3, -0.25) is 9.59 Å². The number of rotatable bonds is 6. The van der Waals surface area contributed by atoms with Crippen LogP contribution in [0, 0.1) is 0 Å². The Balaban J connectivity index is 1.70. The minimum Gasteiger partial charge on any atom is -0.497 e. The molecule has 4 rings (SSSR count).